The van der Waals surface area contributed by atoms with Crippen LogP contribution in [-0.2, 0) is 4.79 Å². The van der Waals surface area contributed by atoms with Crippen LogP contribution in [0.4, 0.5) is 11.6 Å². The molecule has 0 bridgehead atoms. The summed E-state index contributed by atoms with van der Waals surface area (Å²) in [5.74, 6) is 6.26. The van der Waals surface area contributed by atoms with E-state index in [1.807, 2.05) is 13.8 Å². The minimum absolute atomic E-state index is 0.112. The first kappa shape index (κ1) is 13.2. The number of primary amides is 1. The Morgan fingerprint density at radius 3 is 2.76 bits per heavy atom. The van der Waals surface area contributed by atoms with E-state index in [1.165, 1.54) is 6.20 Å². The van der Waals surface area contributed by atoms with Gasteiger partial charge in [-0.1, -0.05) is 13.8 Å². The van der Waals surface area contributed by atoms with Gasteiger partial charge in [-0.05, 0) is 5.92 Å². The number of rotatable bonds is 6. The van der Waals surface area contributed by atoms with E-state index in [1.54, 1.807) is 11.1 Å². The summed E-state index contributed by atoms with van der Waals surface area (Å²) in [5, 5.41) is 0. The number of hydrogen-bond donors (Lipinski definition) is 3. The predicted molar refractivity (Wildman–Crippen MR) is 66.1 cm³/mol. The molecule has 0 aliphatic carbocycles. The summed E-state index contributed by atoms with van der Waals surface area (Å²) in [5.41, 5.74) is 7.62. The van der Waals surface area contributed by atoms with Gasteiger partial charge >= 0.3 is 0 Å². The minimum atomic E-state index is -0.404. The van der Waals surface area contributed by atoms with Gasteiger partial charge in [-0.2, -0.15) is 0 Å². The van der Waals surface area contributed by atoms with Gasteiger partial charge in [0.1, 0.15) is 5.82 Å². The third-order valence-electron chi connectivity index (χ3n) is 2.03. The fourth-order valence-corrected chi connectivity index (χ4v) is 1.45. The number of nitrogens with zero attached hydrogens (tertiary/aromatic N) is 3. The van der Waals surface area contributed by atoms with Crippen LogP contribution in [0.5, 0.6) is 0 Å². The maximum Gasteiger partial charge on any atom is 0.236 e. The quantitative estimate of drug-likeness (QED) is 0.464. The average molecular weight is 238 g/mol. The Bertz CT molecular complexity index is 381. The van der Waals surface area contributed by atoms with Crippen molar-refractivity contribution in [2.24, 2.45) is 17.5 Å². The van der Waals surface area contributed by atoms with E-state index >= 15 is 0 Å². The number of nitrogens with two attached hydrogens (primary N) is 2. The molecule has 1 amide bonds. The fraction of sp³-hybridized carbons (Fsp3) is 0.500. The predicted octanol–water partition coefficient (Wildman–Crippen LogP) is -0.290. The van der Waals surface area contributed by atoms with Crippen molar-refractivity contribution in [3.8, 4) is 0 Å². The van der Waals surface area contributed by atoms with Crippen LogP contribution in [0, 0.1) is 5.92 Å². The molecule has 1 rings (SSSR count). The number of carbonyl (C=O) groups excluding carboxylic acids is 1. The first-order valence-corrected chi connectivity index (χ1v) is 5.35. The van der Waals surface area contributed by atoms with Crippen molar-refractivity contribution in [3.63, 3.8) is 0 Å². The maximum absolute atomic E-state index is 11.0. The highest BCUT2D eigenvalue weighted by molar-refractivity contribution is 5.79. The molecule has 0 saturated carbocycles. The average Bonchev–Trinajstić information content (AvgIpc) is 2.27. The molecule has 7 heteroatoms. The van der Waals surface area contributed by atoms with Crippen LogP contribution in [0.2, 0.25) is 0 Å². The third kappa shape index (κ3) is 4.23. The van der Waals surface area contributed by atoms with Crippen molar-refractivity contribution in [3.05, 3.63) is 12.4 Å². The molecule has 0 saturated heterocycles. The zero-order chi connectivity index (χ0) is 12.8. The van der Waals surface area contributed by atoms with Gasteiger partial charge in [0.25, 0.3) is 0 Å². The lowest BCUT2D eigenvalue weighted by Crippen LogP contribution is -2.37. The standard InChI is InChI=1S/C10H18N6O/c1-7(2)5-16(6-8(11)17)10-4-13-3-9(14-10)15-12/h3-4,7H,5-6,12H2,1-2H3,(H2,11,17)(H,14,15). The van der Waals surface area contributed by atoms with E-state index < -0.39 is 5.91 Å². The zero-order valence-corrected chi connectivity index (χ0v) is 10.1. The number of carbonyl (C=O) groups is 1. The molecular formula is C10H18N6O. The topological polar surface area (TPSA) is 110 Å². The molecule has 1 heterocycles. The van der Waals surface area contributed by atoms with Gasteiger partial charge in [-0.15, -0.1) is 0 Å². The monoisotopic (exact) mass is 238 g/mol. The molecule has 1 aromatic heterocycles. The summed E-state index contributed by atoms with van der Waals surface area (Å²) in [4.78, 5) is 21.0. The van der Waals surface area contributed by atoms with E-state index in [-0.39, 0.29) is 6.54 Å². The first-order chi connectivity index (χ1) is 8.02. The summed E-state index contributed by atoms with van der Waals surface area (Å²) in [6.45, 7) is 4.88. The van der Waals surface area contributed by atoms with Crippen molar-refractivity contribution in [2.75, 3.05) is 23.4 Å². The summed E-state index contributed by atoms with van der Waals surface area (Å²) < 4.78 is 0. The summed E-state index contributed by atoms with van der Waals surface area (Å²) in [6, 6.07) is 0. The number of hydrogen-bond acceptors (Lipinski definition) is 6. The summed E-state index contributed by atoms with van der Waals surface area (Å²) in [6.07, 6.45) is 3.08. The van der Waals surface area contributed by atoms with Crippen molar-refractivity contribution in [2.45, 2.75) is 13.8 Å². The highest BCUT2D eigenvalue weighted by Gasteiger charge is 2.13. The fourth-order valence-electron chi connectivity index (χ4n) is 1.45. The van der Waals surface area contributed by atoms with Gasteiger partial charge < -0.3 is 16.1 Å². The highest BCUT2D eigenvalue weighted by atomic mass is 16.1. The molecule has 0 radical (unpaired) electrons. The molecule has 0 fully saturated rings. The molecule has 0 atom stereocenters. The van der Waals surface area contributed by atoms with Gasteiger partial charge in [-0.3, -0.25) is 9.78 Å². The van der Waals surface area contributed by atoms with Gasteiger partial charge in [0.15, 0.2) is 5.82 Å². The number of nitrogen functional groups attached to an aromatic ring is 1. The highest BCUT2D eigenvalue weighted by Crippen LogP contribution is 2.13. The van der Waals surface area contributed by atoms with Crippen LogP contribution in [0.1, 0.15) is 13.8 Å². The molecule has 1 aromatic rings. The van der Waals surface area contributed by atoms with Crippen LogP contribution >= 0.6 is 0 Å². The molecule has 94 valence electrons. The Hall–Kier alpha value is -1.89. The number of hydrazine groups is 1. The molecule has 0 aliphatic rings. The minimum Gasteiger partial charge on any atom is -0.368 e. The Balaban J connectivity index is 2.90. The van der Waals surface area contributed by atoms with Gasteiger partial charge in [0.2, 0.25) is 5.91 Å². The van der Waals surface area contributed by atoms with Crippen LogP contribution in [-0.4, -0.2) is 29.0 Å². The summed E-state index contributed by atoms with van der Waals surface area (Å²) >= 11 is 0. The lowest BCUT2D eigenvalue weighted by molar-refractivity contribution is -0.116. The van der Waals surface area contributed by atoms with Crippen molar-refractivity contribution >= 4 is 17.5 Å². The summed E-state index contributed by atoms with van der Waals surface area (Å²) in [7, 11) is 0. The largest absolute Gasteiger partial charge is 0.368 e. The normalized spacial score (nSPS) is 10.4. The van der Waals surface area contributed by atoms with Gasteiger partial charge in [0, 0.05) is 6.54 Å². The lowest BCUT2D eigenvalue weighted by Gasteiger charge is -2.24. The number of amides is 1. The number of anilines is 2. The van der Waals surface area contributed by atoms with Crippen LogP contribution in [0.3, 0.4) is 0 Å². The Kier molecular flexibility index (Phi) is 4.65. The number of nitrogens with one attached hydrogen (secondary N) is 1. The Labute approximate surface area is 100 Å². The molecule has 5 N–H and O–H groups in total. The van der Waals surface area contributed by atoms with Crippen LogP contribution in [0.15, 0.2) is 12.4 Å². The molecule has 17 heavy (non-hydrogen) atoms. The zero-order valence-electron chi connectivity index (χ0n) is 10.1. The van der Waals surface area contributed by atoms with Crippen LogP contribution < -0.4 is 21.9 Å². The second-order valence-corrected chi connectivity index (χ2v) is 4.15. The molecule has 0 aromatic carbocycles. The van der Waals surface area contributed by atoms with Crippen LogP contribution in [0.25, 0.3) is 0 Å². The third-order valence-corrected chi connectivity index (χ3v) is 2.03. The SMILES string of the molecule is CC(C)CN(CC(N)=O)c1cncc(NN)n1. The van der Waals surface area contributed by atoms with Gasteiger partial charge in [0.05, 0.1) is 18.9 Å². The van der Waals surface area contributed by atoms with E-state index in [0.717, 1.165) is 0 Å². The number of aromatic nitrogens is 2. The molecule has 7 nitrogen and oxygen atoms in total. The second kappa shape index (κ2) is 6.00. The van der Waals surface area contributed by atoms with E-state index in [0.29, 0.717) is 24.1 Å². The van der Waals surface area contributed by atoms with E-state index in [9.17, 15) is 4.79 Å². The van der Waals surface area contributed by atoms with E-state index in [4.69, 9.17) is 11.6 Å². The second-order valence-electron chi connectivity index (χ2n) is 4.15. The lowest BCUT2D eigenvalue weighted by atomic mass is 10.2. The van der Waals surface area contributed by atoms with Crippen molar-refractivity contribution in [1.29, 1.82) is 0 Å². The van der Waals surface area contributed by atoms with Crippen molar-refractivity contribution < 1.29 is 4.79 Å². The molecular weight excluding hydrogens is 220 g/mol. The van der Waals surface area contributed by atoms with Gasteiger partial charge in [-0.25, -0.2) is 10.8 Å². The molecule has 0 aliphatic heterocycles. The van der Waals surface area contributed by atoms with E-state index in [2.05, 4.69) is 15.4 Å². The molecule has 0 unspecified atom stereocenters. The molecule has 0 spiro atoms. The smallest absolute Gasteiger partial charge is 0.236 e. The Morgan fingerprint density at radius 1 is 1.53 bits per heavy atom. The first-order valence-electron chi connectivity index (χ1n) is 5.35. The maximum atomic E-state index is 11.0. The van der Waals surface area contributed by atoms with Crippen molar-refractivity contribution in [1.82, 2.24) is 9.97 Å². The Morgan fingerprint density at radius 2 is 2.24 bits per heavy atom.